The number of rotatable bonds is 4. The van der Waals surface area contributed by atoms with Gasteiger partial charge in [-0.3, -0.25) is 15.5 Å². The molecular weight excluding hydrogens is 266 g/mol. The van der Waals surface area contributed by atoms with Gasteiger partial charge in [-0.05, 0) is 11.6 Å². The van der Waals surface area contributed by atoms with Crippen LogP contribution in [-0.4, -0.2) is 17.2 Å². The molecule has 6 nitrogen and oxygen atoms in total. The smallest absolute Gasteiger partial charge is 0.311 e. The van der Waals surface area contributed by atoms with Gasteiger partial charge in [0.2, 0.25) is 0 Å². The molecule has 0 fully saturated rings. The first-order chi connectivity index (χ1) is 7.54. The van der Waals surface area contributed by atoms with Crippen molar-refractivity contribution in [1.82, 2.24) is 0 Å². The predicted octanol–water partition coefficient (Wildman–Crippen LogP) is 2.15. The first-order valence-electron chi connectivity index (χ1n) is 4.32. The minimum Gasteiger partial charge on any atom is -0.490 e. The Morgan fingerprint density at radius 1 is 1.65 bits per heavy atom. The van der Waals surface area contributed by atoms with Crippen molar-refractivity contribution in [3.05, 3.63) is 33.9 Å². The zero-order valence-electron chi connectivity index (χ0n) is 9.00. The van der Waals surface area contributed by atoms with Gasteiger partial charge in [0.05, 0.1) is 12.0 Å². The van der Waals surface area contributed by atoms with Crippen LogP contribution in [0, 0.1) is 15.5 Å². The van der Waals surface area contributed by atoms with Crippen LogP contribution in [0.15, 0.2) is 18.2 Å². The molecule has 0 saturated carbocycles. The molecule has 0 heterocycles. The highest BCUT2D eigenvalue weighted by molar-refractivity contribution is 8.13. The molecule has 94 valence electrons. The Morgan fingerprint density at radius 3 is 2.76 bits per heavy atom. The van der Waals surface area contributed by atoms with Crippen molar-refractivity contribution in [3.8, 4) is 5.75 Å². The summed E-state index contributed by atoms with van der Waals surface area (Å²) >= 11 is 1.12. The van der Waals surface area contributed by atoms with E-state index in [-0.39, 0.29) is 29.0 Å². The van der Waals surface area contributed by atoms with E-state index in [0.29, 0.717) is 5.75 Å². The monoisotopic (exact) mass is 277 g/mol. The third kappa shape index (κ3) is 4.49. The molecule has 1 aromatic carbocycles. The number of methoxy groups -OCH3 is 1. The van der Waals surface area contributed by atoms with E-state index in [1.165, 1.54) is 19.2 Å². The lowest BCUT2D eigenvalue weighted by molar-refractivity contribution is -0.385. The first kappa shape index (κ1) is 15.5. The van der Waals surface area contributed by atoms with Gasteiger partial charge in [-0.15, -0.1) is 12.4 Å². The second kappa shape index (κ2) is 6.97. The number of nitrogens with zero attached hydrogens (tertiary/aromatic N) is 1. The van der Waals surface area contributed by atoms with Crippen molar-refractivity contribution >= 4 is 35.0 Å². The maximum Gasteiger partial charge on any atom is 0.311 e. The van der Waals surface area contributed by atoms with Crippen LogP contribution >= 0.6 is 24.2 Å². The molecule has 0 atom stereocenters. The van der Waals surface area contributed by atoms with Crippen molar-refractivity contribution in [2.45, 2.75) is 5.75 Å². The summed E-state index contributed by atoms with van der Waals surface area (Å²) in [5.41, 5.74) is 5.83. The molecule has 3 N–H and O–H groups in total. The number of nitro groups is 1. The highest BCUT2D eigenvalue weighted by Crippen LogP contribution is 2.28. The molecule has 17 heavy (non-hydrogen) atoms. The quantitative estimate of drug-likeness (QED) is 0.380. The van der Waals surface area contributed by atoms with Crippen molar-refractivity contribution < 1.29 is 9.66 Å². The molecule has 1 aromatic rings. The van der Waals surface area contributed by atoms with Crippen LogP contribution < -0.4 is 10.5 Å². The lowest BCUT2D eigenvalue weighted by Gasteiger charge is -2.04. The van der Waals surface area contributed by atoms with E-state index >= 15 is 0 Å². The van der Waals surface area contributed by atoms with Gasteiger partial charge in [-0.1, -0.05) is 17.8 Å². The van der Waals surface area contributed by atoms with Gasteiger partial charge in [0.15, 0.2) is 10.9 Å². The summed E-state index contributed by atoms with van der Waals surface area (Å²) in [5.74, 6) is 0.654. The molecule has 0 radical (unpaired) electrons. The van der Waals surface area contributed by atoms with Crippen LogP contribution in [0.4, 0.5) is 5.69 Å². The summed E-state index contributed by atoms with van der Waals surface area (Å²) in [4.78, 5) is 10.2. The Morgan fingerprint density at radius 2 is 2.29 bits per heavy atom. The van der Waals surface area contributed by atoms with Crippen LogP contribution in [0.5, 0.6) is 5.75 Å². The molecule has 0 aliphatic carbocycles. The molecule has 0 aromatic heterocycles. The van der Waals surface area contributed by atoms with Crippen molar-refractivity contribution in [2.24, 2.45) is 5.73 Å². The number of thioether (sulfide) groups is 1. The summed E-state index contributed by atoms with van der Waals surface area (Å²) < 4.78 is 4.87. The molecule has 1 rings (SSSR count). The molecule has 0 amide bonds. The fourth-order valence-corrected chi connectivity index (χ4v) is 1.63. The zero-order valence-corrected chi connectivity index (χ0v) is 10.6. The van der Waals surface area contributed by atoms with Gasteiger partial charge < -0.3 is 10.5 Å². The summed E-state index contributed by atoms with van der Waals surface area (Å²) in [6, 6.07) is 4.67. The molecule has 0 spiro atoms. The van der Waals surface area contributed by atoms with Gasteiger partial charge in [-0.2, -0.15) is 0 Å². The molecule has 0 aliphatic rings. The van der Waals surface area contributed by atoms with Crippen molar-refractivity contribution in [1.29, 1.82) is 5.41 Å². The number of hydrogen-bond acceptors (Lipinski definition) is 5. The minimum atomic E-state index is -0.499. The Labute approximate surface area is 109 Å². The average Bonchev–Trinajstić information content (AvgIpc) is 2.25. The molecular formula is C9H12ClN3O3S. The maximum atomic E-state index is 10.7. The van der Waals surface area contributed by atoms with E-state index in [1.54, 1.807) is 6.07 Å². The van der Waals surface area contributed by atoms with Gasteiger partial charge in [0.25, 0.3) is 0 Å². The van der Waals surface area contributed by atoms with E-state index in [1.807, 2.05) is 0 Å². The molecule has 0 aliphatic heterocycles. The summed E-state index contributed by atoms with van der Waals surface area (Å²) in [6.07, 6.45) is 0. The van der Waals surface area contributed by atoms with Crippen LogP contribution in [0.25, 0.3) is 0 Å². The Hall–Kier alpha value is -1.47. The summed E-state index contributed by atoms with van der Waals surface area (Å²) in [6.45, 7) is 0. The van der Waals surface area contributed by atoms with E-state index in [2.05, 4.69) is 0 Å². The molecule has 0 unspecified atom stereocenters. The zero-order chi connectivity index (χ0) is 12.1. The Balaban J connectivity index is 0.00000256. The number of amidine groups is 1. The molecule has 0 saturated heterocycles. The van der Waals surface area contributed by atoms with Gasteiger partial charge in [0.1, 0.15) is 0 Å². The number of halogens is 1. The third-order valence-corrected chi connectivity index (χ3v) is 2.62. The van der Waals surface area contributed by atoms with Crippen molar-refractivity contribution in [3.63, 3.8) is 0 Å². The second-order valence-corrected chi connectivity index (χ2v) is 3.93. The number of nitro benzene ring substituents is 1. The van der Waals surface area contributed by atoms with E-state index in [9.17, 15) is 10.1 Å². The highest BCUT2D eigenvalue weighted by atomic mass is 35.5. The number of nitrogens with one attached hydrogen (secondary N) is 1. The lowest BCUT2D eigenvalue weighted by atomic mass is 10.2. The van der Waals surface area contributed by atoms with Gasteiger partial charge >= 0.3 is 5.69 Å². The summed E-state index contributed by atoms with van der Waals surface area (Å²) in [5, 5.41) is 17.7. The molecule has 8 heteroatoms. The van der Waals surface area contributed by atoms with Crippen LogP contribution in [-0.2, 0) is 5.75 Å². The fraction of sp³-hybridized carbons (Fsp3) is 0.222. The Kier molecular flexibility index (Phi) is 6.37. The largest absolute Gasteiger partial charge is 0.490 e. The number of ether oxygens (including phenoxy) is 1. The van der Waals surface area contributed by atoms with E-state index in [4.69, 9.17) is 15.9 Å². The van der Waals surface area contributed by atoms with Crippen molar-refractivity contribution in [2.75, 3.05) is 7.11 Å². The second-order valence-electron chi connectivity index (χ2n) is 2.92. The summed E-state index contributed by atoms with van der Waals surface area (Å²) in [7, 11) is 1.38. The fourth-order valence-electron chi connectivity index (χ4n) is 1.13. The number of hydrogen-bond donors (Lipinski definition) is 2. The lowest BCUT2D eigenvalue weighted by Crippen LogP contribution is -2.04. The van der Waals surface area contributed by atoms with Crippen LogP contribution in [0.2, 0.25) is 0 Å². The average molecular weight is 278 g/mol. The van der Waals surface area contributed by atoms with Crippen LogP contribution in [0.3, 0.4) is 0 Å². The number of benzene rings is 1. The Bertz CT molecular complexity index is 428. The van der Waals surface area contributed by atoms with Gasteiger partial charge in [0, 0.05) is 11.8 Å². The van der Waals surface area contributed by atoms with E-state index in [0.717, 1.165) is 17.3 Å². The SMILES string of the molecule is COc1ccc(CSC(=N)N)cc1[N+](=O)[O-].Cl. The third-order valence-electron chi connectivity index (χ3n) is 1.83. The normalized spacial score (nSPS) is 9.24. The van der Waals surface area contributed by atoms with Crippen LogP contribution in [0.1, 0.15) is 5.56 Å². The highest BCUT2D eigenvalue weighted by Gasteiger charge is 2.14. The van der Waals surface area contributed by atoms with Gasteiger partial charge in [-0.25, -0.2) is 0 Å². The topological polar surface area (TPSA) is 102 Å². The standard InChI is InChI=1S/C9H11N3O3S.ClH/c1-15-8-3-2-6(5-16-9(10)11)4-7(8)12(13)14;/h2-4H,5H2,1H3,(H3,10,11);1H. The first-order valence-corrected chi connectivity index (χ1v) is 5.31. The van der Waals surface area contributed by atoms with E-state index < -0.39 is 4.92 Å². The number of nitrogens with two attached hydrogens (primary N) is 1. The maximum absolute atomic E-state index is 10.7. The minimum absolute atomic E-state index is 0. The molecule has 0 bridgehead atoms. The predicted molar refractivity (Wildman–Crippen MR) is 70.1 cm³/mol.